The molecule has 0 spiro atoms. The van der Waals surface area contributed by atoms with Gasteiger partial charge in [0.1, 0.15) is 5.82 Å². The molecule has 0 unspecified atom stereocenters. The van der Waals surface area contributed by atoms with Crippen LogP contribution in [0.1, 0.15) is 61.4 Å². The van der Waals surface area contributed by atoms with Gasteiger partial charge in [-0.05, 0) is 37.9 Å². The highest BCUT2D eigenvalue weighted by Gasteiger charge is 2.20. The van der Waals surface area contributed by atoms with Crippen LogP contribution in [0.3, 0.4) is 0 Å². The quantitative estimate of drug-likeness (QED) is 0.726. The van der Waals surface area contributed by atoms with Gasteiger partial charge in [-0.15, -0.1) is 0 Å². The number of Topliss-reactive ketones (excluding diaryl/α,β-unsaturated/α-hetero) is 1. The second-order valence-electron chi connectivity index (χ2n) is 6.06. The van der Waals surface area contributed by atoms with Gasteiger partial charge in [0.25, 0.3) is 0 Å². The summed E-state index contributed by atoms with van der Waals surface area (Å²) in [4.78, 5) is 14.6. The molecule has 1 aliphatic carbocycles. The number of hydrogen-bond donors (Lipinski definition) is 0. The molecule has 0 saturated heterocycles. The number of halogens is 1. The maximum Gasteiger partial charge on any atom is 0.164 e. The zero-order valence-electron chi connectivity index (χ0n) is 13.2. The molecule has 0 aromatic heterocycles. The lowest BCUT2D eigenvalue weighted by Crippen LogP contribution is -2.38. The molecule has 116 valence electrons. The largest absolute Gasteiger partial charge is 0.300 e. The average Bonchev–Trinajstić information content (AvgIpc) is 2.51. The van der Waals surface area contributed by atoms with Gasteiger partial charge in [-0.2, -0.15) is 0 Å². The minimum Gasteiger partial charge on any atom is -0.300 e. The fourth-order valence-corrected chi connectivity index (χ4v) is 3.20. The van der Waals surface area contributed by atoms with Crippen molar-refractivity contribution >= 4 is 5.78 Å². The van der Waals surface area contributed by atoms with Gasteiger partial charge in [0.2, 0.25) is 0 Å². The SMILES string of the molecule is CCN(CCC(=O)c1ccc(C)c(F)c1)C1CCCCC1. The predicted octanol–water partition coefficient (Wildman–Crippen LogP) is 4.36. The molecule has 0 atom stereocenters. The monoisotopic (exact) mass is 291 g/mol. The summed E-state index contributed by atoms with van der Waals surface area (Å²) in [6.45, 7) is 5.64. The van der Waals surface area contributed by atoms with Crippen molar-refractivity contribution in [3.05, 3.63) is 35.1 Å². The molecule has 1 aliphatic rings. The van der Waals surface area contributed by atoms with Crippen molar-refractivity contribution in [3.63, 3.8) is 0 Å². The van der Waals surface area contributed by atoms with E-state index in [1.165, 1.54) is 38.2 Å². The normalized spacial score (nSPS) is 16.4. The molecule has 0 radical (unpaired) electrons. The second kappa shape index (κ2) is 7.69. The van der Waals surface area contributed by atoms with Crippen molar-refractivity contribution in [1.82, 2.24) is 4.90 Å². The molecular weight excluding hydrogens is 265 g/mol. The first-order valence-electron chi connectivity index (χ1n) is 8.15. The van der Waals surface area contributed by atoms with E-state index in [1.54, 1.807) is 19.1 Å². The minimum absolute atomic E-state index is 0.0446. The fraction of sp³-hybridized carbons (Fsp3) is 0.611. The minimum atomic E-state index is -0.291. The Kier molecular flexibility index (Phi) is 5.92. The van der Waals surface area contributed by atoms with E-state index < -0.39 is 0 Å². The Hall–Kier alpha value is -1.22. The molecule has 2 rings (SSSR count). The third kappa shape index (κ3) is 4.37. The van der Waals surface area contributed by atoms with Gasteiger partial charge in [-0.1, -0.05) is 38.3 Å². The molecular formula is C18H26FNO. The average molecular weight is 291 g/mol. The summed E-state index contributed by atoms with van der Waals surface area (Å²) >= 11 is 0. The molecule has 0 amide bonds. The summed E-state index contributed by atoms with van der Waals surface area (Å²) in [5, 5.41) is 0. The van der Waals surface area contributed by atoms with E-state index in [2.05, 4.69) is 11.8 Å². The van der Waals surface area contributed by atoms with Gasteiger partial charge in [-0.25, -0.2) is 4.39 Å². The Bertz CT molecular complexity index is 480. The number of benzene rings is 1. The highest BCUT2D eigenvalue weighted by molar-refractivity contribution is 5.96. The van der Waals surface area contributed by atoms with Gasteiger partial charge >= 0.3 is 0 Å². The van der Waals surface area contributed by atoms with Crippen molar-refractivity contribution in [2.75, 3.05) is 13.1 Å². The highest BCUT2D eigenvalue weighted by Crippen LogP contribution is 2.22. The van der Waals surface area contributed by atoms with Crippen molar-refractivity contribution in [2.24, 2.45) is 0 Å². The highest BCUT2D eigenvalue weighted by atomic mass is 19.1. The Balaban J connectivity index is 1.90. The molecule has 0 N–H and O–H groups in total. The molecule has 1 aromatic rings. The first kappa shape index (κ1) is 16.2. The summed E-state index contributed by atoms with van der Waals surface area (Å²) in [7, 11) is 0. The van der Waals surface area contributed by atoms with Crippen LogP contribution in [0.2, 0.25) is 0 Å². The van der Waals surface area contributed by atoms with Crippen LogP contribution in [-0.4, -0.2) is 29.8 Å². The van der Waals surface area contributed by atoms with Crippen molar-refractivity contribution < 1.29 is 9.18 Å². The molecule has 21 heavy (non-hydrogen) atoms. The lowest BCUT2D eigenvalue weighted by atomic mass is 9.94. The zero-order valence-corrected chi connectivity index (χ0v) is 13.2. The topological polar surface area (TPSA) is 20.3 Å². The van der Waals surface area contributed by atoms with Gasteiger partial charge in [0, 0.05) is 24.6 Å². The Morgan fingerprint density at radius 3 is 2.62 bits per heavy atom. The van der Waals surface area contributed by atoms with Crippen molar-refractivity contribution in [3.8, 4) is 0 Å². The number of rotatable bonds is 6. The van der Waals surface area contributed by atoms with E-state index in [0.29, 0.717) is 23.6 Å². The van der Waals surface area contributed by atoms with Crippen LogP contribution in [0.15, 0.2) is 18.2 Å². The number of nitrogens with zero attached hydrogens (tertiary/aromatic N) is 1. The Morgan fingerprint density at radius 1 is 1.29 bits per heavy atom. The number of carbonyl (C=O) groups excluding carboxylic acids is 1. The van der Waals surface area contributed by atoms with Crippen LogP contribution in [0.5, 0.6) is 0 Å². The number of hydrogen-bond acceptors (Lipinski definition) is 2. The smallest absolute Gasteiger partial charge is 0.164 e. The van der Waals surface area contributed by atoms with Gasteiger partial charge in [0.05, 0.1) is 0 Å². The van der Waals surface area contributed by atoms with Gasteiger partial charge in [-0.3, -0.25) is 4.79 Å². The van der Waals surface area contributed by atoms with Crippen LogP contribution < -0.4 is 0 Å². The maximum atomic E-state index is 13.5. The first-order valence-corrected chi connectivity index (χ1v) is 8.15. The molecule has 0 bridgehead atoms. The summed E-state index contributed by atoms with van der Waals surface area (Å²) in [6.07, 6.45) is 6.93. The molecule has 1 fully saturated rings. The molecule has 3 heteroatoms. The number of ketones is 1. The summed E-state index contributed by atoms with van der Waals surface area (Å²) < 4.78 is 13.5. The van der Waals surface area contributed by atoms with E-state index in [-0.39, 0.29) is 11.6 Å². The Labute approximate surface area is 127 Å². The van der Waals surface area contributed by atoms with Crippen LogP contribution >= 0.6 is 0 Å². The van der Waals surface area contributed by atoms with Crippen LogP contribution in [0.25, 0.3) is 0 Å². The van der Waals surface area contributed by atoms with Crippen LogP contribution in [-0.2, 0) is 0 Å². The van der Waals surface area contributed by atoms with E-state index in [0.717, 1.165) is 13.1 Å². The third-order valence-corrected chi connectivity index (χ3v) is 4.62. The molecule has 0 heterocycles. The predicted molar refractivity (Wildman–Crippen MR) is 84.2 cm³/mol. The lowest BCUT2D eigenvalue weighted by Gasteiger charge is -2.33. The van der Waals surface area contributed by atoms with Crippen LogP contribution in [0, 0.1) is 12.7 Å². The van der Waals surface area contributed by atoms with Gasteiger partial charge < -0.3 is 4.90 Å². The second-order valence-corrected chi connectivity index (χ2v) is 6.06. The number of carbonyl (C=O) groups is 1. The summed E-state index contributed by atoms with van der Waals surface area (Å²) in [5.41, 5.74) is 1.08. The summed E-state index contributed by atoms with van der Waals surface area (Å²) in [5.74, 6) is -0.247. The third-order valence-electron chi connectivity index (χ3n) is 4.62. The lowest BCUT2D eigenvalue weighted by molar-refractivity contribution is 0.0939. The van der Waals surface area contributed by atoms with Crippen LogP contribution in [0.4, 0.5) is 4.39 Å². The first-order chi connectivity index (χ1) is 10.1. The molecule has 2 nitrogen and oxygen atoms in total. The molecule has 1 saturated carbocycles. The number of aryl methyl sites for hydroxylation is 1. The molecule has 0 aliphatic heterocycles. The van der Waals surface area contributed by atoms with E-state index >= 15 is 0 Å². The fourth-order valence-electron chi connectivity index (χ4n) is 3.20. The standard InChI is InChI=1S/C18H26FNO/c1-3-20(16-7-5-4-6-8-16)12-11-18(21)15-10-9-14(2)17(19)13-15/h9-10,13,16H,3-8,11-12H2,1-2H3. The van der Waals surface area contributed by atoms with Crippen molar-refractivity contribution in [1.29, 1.82) is 0 Å². The maximum absolute atomic E-state index is 13.5. The van der Waals surface area contributed by atoms with E-state index in [4.69, 9.17) is 0 Å². The van der Waals surface area contributed by atoms with E-state index in [1.807, 2.05) is 0 Å². The Morgan fingerprint density at radius 2 is 2.00 bits per heavy atom. The summed E-state index contributed by atoms with van der Waals surface area (Å²) in [6, 6.07) is 5.42. The molecule has 1 aromatic carbocycles. The van der Waals surface area contributed by atoms with Gasteiger partial charge in [0.15, 0.2) is 5.78 Å². The van der Waals surface area contributed by atoms with E-state index in [9.17, 15) is 9.18 Å². The zero-order chi connectivity index (χ0) is 15.2. The van der Waals surface area contributed by atoms with Crippen molar-refractivity contribution in [2.45, 2.75) is 58.4 Å².